The number of hydrogen-bond acceptors (Lipinski definition) is 5. The third-order valence-electron chi connectivity index (χ3n) is 6.20. The molecule has 3 aromatic rings. The quantitative estimate of drug-likeness (QED) is 0.554. The van der Waals surface area contributed by atoms with Crippen LogP contribution in [-0.4, -0.2) is 67.1 Å². The maximum absolute atomic E-state index is 13.1. The highest BCUT2D eigenvalue weighted by molar-refractivity contribution is 7.92. The third-order valence-corrected chi connectivity index (χ3v) is 7.97. The topological polar surface area (TPSA) is 94.1 Å². The zero-order valence-corrected chi connectivity index (χ0v) is 20.3. The van der Waals surface area contributed by atoms with Crippen molar-refractivity contribution in [1.82, 2.24) is 14.8 Å². The second kappa shape index (κ2) is 10.0. The number of nitrogens with zero attached hydrogens (tertiary/aromatic N) is 4. The number of sulfonamides is 1. The van der Waals surface area contributed by atoms with Gasteiger partial charge >= 0.3 is 6.09 Å². The van der Waals surface area contributed by atoms with Gasteiger partial charge in [0.2, 0.25) is 0 Å². The molecule has 1 aliphatic rings. The number of aromatic nitrogens is 1. The molecule has 1 N–H and O–H groups in total. The van der Waals surface area contributed by atoms with Crippen LogP contribution in [0, 0.1) is 5.82 Å². The summed E-state index contributed by atoms with van der Waals surface area (Å²) in [7, 11) is -2.33. The van der Waals surface area contributed by atoms with E-state index >= 15 is 0 Å². The Hall–Kier alpha value is -3.50. The lowest BCUT2D eigenvalue weighted by Crippen LogP contribution is -2.53. The number of piperazine rings is 1. The van der Waals surface area contributed by atoms with Crippen molar-refractivity contribution in [2.24, 2.45) is 0 Å². The van der Waals surface area contributed by atoms with Crippen molar-refractivity contribution >= 4 is 21.8 Å². The van der Waals surface area contributed by atoms with Crippen LogP contribution in [-0.2, 0) is 16.6 Å². The standard InChI is InChI=1S/C25H27FN4O4S/c1-18-16-29(13-14-30(18)25(31)32)17-19-3-9-22(10-4-19)28(2)35(33,34)23-11-12-24(27-15-23)20-5-7-21(26)8-6-20/h3-12,15,18H,13-14,16-17H2,1-2H3,(H,31,32)/t18-/m0/s1. The van der Waals surface area contributed by atoms with Gasteiger partial charge in [0.1, 0.15) is 10.7 Å². The number of benzene rings is 2. The number of carbonyl (C=O) groups is 1. The molecule has 1 aliphatic heterocycles. The highest BCUT2D eigenvalue weighted by Gasteiger charge is 2.27. The van der Waals surface area contributed by atoms with E-state index in [0.717, 1.165) is 5.56 Å². The average Bonchev–Trinajstić information content (AvgIpc) is 2.84. The Morgan fingerprint density at radius 1 is 1.09 bits per heavy atom. The number of anilines is 1. The van der Waals surface area contributed by atoms with Crippen molar-refractivity contribution in [1.29, 1.82) is 0 Å². The Morgan fingerprint density at radius 2 is 1.77 bits per heavy atom. The lowest BCUT2D eigenvalue weighted by molar-refractivity contribution is 0.0711. The molecule has 0 radical (unpaired) electrons. The number of pyridine rings is 1. The number of carboxylic acid groups (broad SMARTS) is 1. The molecule has 0 bridgehead atoms. The molecular weight excluding hydrogens is 471 g/mol. The van der Waals surface area contributed by atoms with Crippen molar-refractivity contribution in [2.75, 3.05) is 31.0 Å². The van der Waals surface area contributed by atoms with Gasteiger partial charge < -0.3 is 10.0 Å². The minimum absolute atomic E-state index is 0.0558. The Bertz CT molecular complexity index is 1280. The molecule has 1 amide bonds. The summed E-state index contributed by atoms with van der Waals surface area (Å²) < 4.78 is 40.6. The van der Waals surface area contributed by atoms with Crippen LogP contribution < -0.4 is 4.31 Å². The predicted molar refractivity (Wildman–Crippen MR) is 131 cm³/mol. The first-order valence-electron chi connectivity index (χ1n) is 11.2. The molecule has 2 heterocycles. The minimum Gasteiger partial charge on any atom is -0.465 e. The first kappa shape index (κ1) is 24.6. The third kappa shape index (κ3) is 5.44. The fourth-order valence-electron chi connectivity index (χ4n) is 4.15. The number of hydrogen-bond donors (Lipinski definition) is 1. The summed E-state index contributed by atoms with van der Waals surface area (Å²) in [6, 6.07) is 16.1. The normalized spacial score (nSPS) is 16.8. The molecular formula is C25H27FN4O4S. The van der Waals surface area contributed by atoms with Gasteiger partial charge in [0.15, 0.2) is 0 Å². The van der Waals surface area contributed by atoms with Crippen molar-refractivity contribution in [3.05, 3.63) is 78.2 Å². The Kier molecular flexibility index (Phi) is 7.04. The summed E-state index contributed by atoms with van der Waals surface area (Å²) in [5.74, 6) is -0.351. The largest absolute Gasteiger partial charge is 0.465 e. The van der Waals surface area contributed by atoms with E-state index in [2.05, 4.69) is 9.88 Å². The minimum atomic E-state index is -3.82. The van der Waals surface area contributed by atoms with Crippen LogP contribution in [0.4, 0.5) is 14.9 Å². The van der Waals surface area contributed by atoms with Crippen molar-refractivity contribution < 1.29 is 22.7 Å². The van der Waals surface area contributed by atoms with Crippen LogP contribution in [0.5, 0.6) is 0 Å². The van der Waals surface area contributed by atoms with E-state index in [-0.39, 0.29) is 16.8 Å². The zero-order valence-electron chi connectivity index (χ0n) is 19.5. The summed E-state index contributed by atoms with van der Waals surface area (Å²) in [5.41, 5.74) is 2.77. The molecule has 4 rings (SSSR count). The Labute approximate surface area is 204 Å². The molecule has 1 saturated heterocycles. The molecule has 0 aliphatic carbocycles. The predicted octanol–water partition coefficient (Wildman–Crippen LogP) is 3.90. The molecule has 1 fully saturated rings. The maximum atomic E-state index is 13.1. The fourth-order valence-corrected chi connectivity index (χ4v) is 5.29. The van der Waals surface area contributed by atoms with Gasteiger partial charge in [-0.15, -0.1) is 0 Å². The van der Waals surface area contributed by atoms with E-state index in [9.17, 15) is 22.7 Å². The van der Waals surface area contributed by atoms with Gasteiger partial charge in [-0.3, -0.25) is 14.2 Å². The van der Waals surface area contributed by atoms with Gasteiger partial charge in [-0.1, -0.05) is 12.1 Å². The van der Waals surface area contributed by atoms with Crippen LogP contribution in [0.1, 0.15) is 12.5 Å². The second-order valence-corrected chi connectivity index (χ2v) is 10.6. The van der Waals surface area contributed by atoms with E-state index in [1.54, 1.807) is 30.3 Å². The summed E-state index contributed by atoms with van der Waals surface area (Å²) in [6.07, 6.45) is 0.405. The summed E-state index contributed by atoms with van der Waals surface area (Å²) in [5, 5.41) is 9.23. The van der Waals surface area contributed by atoms with Crippen molar-refractivity contribution in [3.63, 3.8) is 0 Å². The van der Waals surface area contributed by atoms with Crippen LogP contribution in [0.2, 0.25) is 0 Å². The van der Waals surface area contributed by atoms with Gasteiger partial charge in [-0.25, -0.2) is 17.6 Å². The van der Waals surface area contributed by atoms with E-state index in [1.807, 2.05) is 19.1 Å². The average molecular weight is 499 g/mol. The highest BCUT2D eigenvalue weighted by Crippen LogP contribution is 2.25. The molecule has 184 valence electrons. The highest BCUT2D eigenvalue weighted by atomic mass is 32.2. The lowest BCUT2D eigenvalue weighted by Gasteiger charge is -2.38. The second-order valence-electron chi connectivity index (χ2n) is 8.59. The van der Waals surface area contributed by atoms with Crippen molar-refractivity contribution in [2.45, 2.75) is 24.4 Å². The summed E-state index contributed by atoms with van der Waals surface area (Å²) in [4.78, 5) is 19.2. The smallest absolute Gasteiger partial charge is 0.407 e. The van der Waals surface area contributed by atoms with Crippen molar-refractivity contribution in [3.8, 4) is 11.3 Å². The molecule has 8 nitrogen and oxygen atoms in total. The van der Waals surface area contributed by atoms with Gasteiger partial charge in [0.05, 0.1) is 11.4 Å². The van der Waals surface area contributed by atoms with E-state index in [4.69, 9.17) is 0 Å². The first-order chi connectivity index (χ1) is 16.6. The first-order valence-corrected chi connectivity index (χ1v) is 12.6. The molecule has 35 heavy (non-hydrogen) atoms. The molecule has 1 aromatic heterocycles. The number of amides is 1. The molecule has 0 spiro atoms. The monoisotopic (exact) mass is 498 g/mol. The SMILES string of the molecule is C[C@H]1CN(Cc2ccc(N(C)S(=O)(=O)c3ccc(-c4ccc(F)cc4)nc3)cc2)CCN1C(=O)O. The van der Waals surface area contributed by atoms with Crippen LogP contribution in [0.25, 0.3) is 11.3 Å². The molecule has 10 heteroatoms. The summed E-state index contributed by atoms with van der Waals surface area (Å²) >= 11 is 0. The zero-order chi connectivity index (χ0) is 25.2. The molecule has 0 saturated carbocycles. The van der Waals surface area contributed by atoms with E-state index in [0.29, 0.717) is 43.1 Å². The number of halogens is 1. The Balaban J connectivity index is 1.42. The Morgan fingerprint density at radius 3 is 2.34 bits per heavy atom. The van der Waals surface area contributed by atoms with Crippen LogP contribution in [0.15, 0.2) is 71.8 Å². The van der Waals surface area contributed by atoms with Gasteiger partial charge in [-0.2, -0.15) is 0 Å². The van der Waals surface area contributed by atoms with Gasteiger partial charge in [0.25, 0.3) is 10.0 Å². The van der Waals surface area contributed by atoms with E-state index < -0.39 is 16.1 Å². The fraction of sp³-hybridized carbons (Fsp3) is 0.280. The molecule has 1 atom stereocenters. The van der Waals surface area contributed by atoms with E-state index in [1.165, 1.54) is 40.6 Å². The van der Waals surface area contributed by atoms with Gasteiger partial charge in [-0.05, 0) is 61.0 Å². The molecule has 2 aromatic carbocycles. The van der Waals surface area contributed by atoms with Crippen LogP contribution in [0.3, 0.4) is 0 Å². The molecule has 0 unspecified atom stereocenters. The number of rotatable bonds is 6. The lowest BCUT2D eigenvalue weighted by atomic mass is 10.1. The van der Waals surface area contributed by atoms with Gasteiger partial charge in [0, 0.05) is 51.0 Å². The van der Waals surface area contributed by atoms with Crippen LogP contribution >= 0.6 is 0 Å². The summed E-state index contributed by atoms with van der Waals surface area (Å²) in [6.45, 7) is 4.30. The maximum Gasteiger partial charge on any atom is 0.407 e.